The molecule has 1 aromatic carbocycles. The summed E-state index contributed by atoms with van der Waals surface area (Å²) < 4.78 is 5.27. The van der Waals surface area contributed by atoms with Crippen molar-refractivity contribution in [2.45, 2.75) is 26.8 Å². The van der Waals surface area contributed by atoms with E-state index in [0.29, 0.717) is 13.1 Å². The van der Waals surface area contributed by atoms with Crippen LogP contribution in [0.3, 0.4) is 0 Å². The Bertz CT molecular complexity index is 722. The molecule has 1 atom stereocenters. The Morgan fingerprint density at radius 3 is 2.87 bits per heavy atom. The molecule has 2 amide bonds. The van der Waals surface area contributed by atoms with Gasteiger partial charge in [0.25, 0.3) is 0 Å². The van der Waals surface area contributed by atoms with Crippen LogP contribution in [-0.4, -0.2) is 23.3 Å². The predicted octanol–water partition coefficient (Wildman–Crippen LogP) is 2.88. The number of rotatable bonds is 4. The lowest BCUT2D eigenvalue weighted by Gasteiger charge is -2.15. The van der Waals surface area contributed by atoms with E-state index in [1.807, 2.05) is 38.1 Å². The number of likely N-dealkylation sites (tertiary alicyclic amines) is 1. The third kappa shape index (κ3) is 3.44. The largest absolute Gasteiger partial charge is 0.467 e. The molecule has 1 saturated heterocycles. The summed E-state index contributed by atoms with van der Waals surface area (Å²) in [5.41, 5.74) is 2.98. The van der Waals surface area contributed by atoms with E-state index in [2.05, 4.69) is 5.32 Å². The Labute approximate surface area is 135 Å². The Kier molecular flexibility index (Phi) is 4.19. The molecule has 1 fully saturated rings. The number of furan rings is 1. The maximum atomic E-state index is 12.4. The molecule has 5 heteroatoms. The Morgan fingerprint density at radius 1 is 1.35 bits per heavy atom. The van der Waals surface area contributed by atoms with Crippen molar-refractivity contribution in [3.8, 4) is 0 Å². The number of nitrogens with one attached hydrogen (secondary N) is 1. The quantitative estimate of drug-likeness (QED) is 0.944. The van der Waals surface area contributed by atoms with E-state index in [4.69, 9.17) is 4.42 Å². The van der Waals surface area contributed by atoms with Gasteiger partial charge in [0.05, 0.1) is 18.7 Å². The molecule has 2 heterocycles. The SMILES string of the molecule is Cc1ccc(NC(=O)[C@H]2CC(=O)N(Cc3ccco3)C2)c(C)c1. The van der Waals surface area contributed by atoms with Gasteiger partial charge >= 0.3 is 0 Å². The van der Waals surface area contributed by atoms with Crippen LogP contribution in [-0.2, 0) is 16.1 Å². The molecule has 3 rings (SSSR count). The first-order valence-electron chi connectivity index (χ1n) is 7.71. The molecule has 0 radical (unpaired) electrons. The highest BCUT2D eigenvalue weighted by atomic mass is 16.3. The highest BCUT2D eigenvalue weighted by Crippen LogP contribution is 2.23. The zero-order chi connectivity index (χ0) is 16.4. The molecule has 1 aliphatic rings. The Hall–Kier alpha value is -2.56. The first-order valence-corrected chi connectivity index (χ1v) is 7.71. The van der Waals surface area contributed by atoms with Crippen molar-refractivity contribution in [3.05, 3.63) is 53.5 Å². The molecule has 1 aliphatic heterocycles. The Morgan fingerprint density at radius 2 is 2.17 bits per heavy atom. The van der Waals surface area contributed by atoms with Gasteiger partial charge in [-0.3, -0.25) is 9.59 Å². The average Bonchev–Trinajstić information content (AvgIpc) is 3.13. The minimum Gasteiger partial charge on any atom is -0.467 e. The number of carbonyl (C=O) groups is 2. The maximum absolute atomic E-state index is 12.4. The molecule has 1 N–H and O–H groups in total. The van der Waals surface area contributed by atoms with Crippen LogP contribution in [0.5, 0.6) is 0 Å². The molecule has 0 bridgehead atoms. The van der Waals surface area contributed by atoms with Crippen LogP contribution in [0.25, 0.3) is 0 Å². The molecular weight excluding hydrogens is 292 g/mol. The van der Waals surface area contributed by atoms with E-state index < -0.39 is 0 Å². The summed E-state index contributed by atoms with van der Waals surface area (Å²) in [6.45, 7) is 4.82. The molecule has 2 aromatic rings. The smallest absolute Gasteiger partial charge is 0.229 e. The maximum Gasteiger partial charge on any atom is 0.229 e. The van der Waals surface area contributed by atoms with Gasteiger partial charge < -0.3 is 14.6 Å². The standard InChI is InChI=1S/C18H20N2O3/c1-12-5-6-16(13(2)8-12)19-18(22)14-9-17(21)20(10-14)11-15-4-3-7-23-15/h3-8,14H,9-11H2,1-2H3,(H,19,22)/t14-/m0/s1. The van der Waals surface area contributed by atoms with E-state index in [1.165, 1.54) is 0 Å². The lowest BCUT2D eigenvalue weighted by Crippen LogP contribution is -2.28. The number of hydrogen-bond acceptors (Lipinski definition) is 3. The summed E-state index contributed by atoms with van der Waals surface area (Å²) in [5, 5.41) is 2.94. The zero-order valence-corrected chi connectivity index (χ0v) is 13.3. The van der Waals surface area contributed by atoms with Gasteiger partial charge in [-0.2, -0.15) is 0 Å². The van der Waals surface area contributed by atoms with E-state index >= 15 is 0 Å². The summed E-state index contributed by atoms with van der Waals surface area (Å²) in [6.07, 6.45) is 1.83. The summed E-state index contributed by atoms with van der Waals surface area (Å²) in [6, 6.07) is 9.51. The molecule has 23 heavy (non-hydrogen) atoms. The van der Waals surface area contributed by atoms with Crippen molar-refractivity contribution in [3.63, 3.8) is 0 Å². The fourth-order valence-corrected chi connectivity index (χ4v) is 2.88. The van der Waals surface area contributed by atoms with Crippen molar-refractivity contribution in [2.75, 3.05) is 11.9 Å². The normalized spacial score (nSPS) is 17.6. The average molecular weight is 312 g/mol. The van der Waals surface area contributed by atoms with E-state index in [0.717, 1.165) is 22.6 Å². The molecule has 5 nitrogen and oxygen atoms in total. The summed E-state index contributed by atoms with van der Waals surface area (Å²) >= 11 is 0. The van der Waals surface area contributed by atoms with E-state index in [1.54, 1.807) is 17.2 Å². The van der Waals surface area contributed by atoms with Crippen LogP contribution < -0.4 is 5.32 Å². The van der Waals surface area contributed by atoms with Gasteiger partial charge in [0, 0.05) is 18.7 Å². The van der Waals surface area contributed by atoms with Crippen molar-refractivity contribution in [2.24, 2.45) is 5.92 Å². The number of nitrogens with zero attached hydrogens (tertiary/aromatic N) is 1. The monoisotopic (exact) mass is 312 g/mol. The minimum atomic E-state index is -0.321. The molecule has 0 aliphatic carbocycles. The van der Waals surface area contributed by atoms with Gasteiger partial charge in [-0.25, -0.2) is 0 Å². The summed E-state index contributed by atoms with van der Waals surface area (Å²) in [5.74, 6) is 0.293. The van der Waals surface area contributed by atoms with Crippen LogP contribution in [0.1, 0.15) is 23.3 Å². The number of benzene rings is 1. The molecule has 1 aromatic heterocycles. The van der Waals surface area contributed by atoms with Crippen molar-refractivity contribution >= 4 is 17.5 Å². The highest BCUT2D eigenvalue weighted by molar-refractivity contribution is 5.97. The first kappa shape index (κ1) is 15.3. The number of aryl methyl sites for hydroxylation is 2. The van der Waals surface area contributed by atoms with E-state index in [9.17, 15) is 9.59 Å². The van der Waals surface area contributed by atoms with Gasteiger partial charge in [-0.15, -0.1) is 0 Å². The van der Waals surface area contributed by atoms with E-state index in [-0.39, 0.29) is 24.2 Å². The van der Waals surface area contributed by atoms with Crippen LogP contribution in [0.15, 0.2) is 41.0 Å². The number of amides is 2. The molecular formula is C18H20N2O3. The molecule has 0 spiro atoms. The third-order valence-electron chi connectivity index (χ3n) is 4.15. The van der Waals surface area contributed by atoms with Gasteiger partial charge in [0.2, 0.25) is 11.8 Å². The van der Waals surface area contributed by atoms with Crippen LogP contribution in [0.4, 0.5) is 5.69 Å². The lowest BCUT2D eigenvalue weighted by atomic mass is 10.1. The number of hydrogen-bond donors (Lipinski definition) is 1. The minimum absolute atomic E-state index is 0.0119. The predicted molar refractivity (Wildman–Crippen MR) is 86.8 cm³/mol. The topological polar surface area (TPSA) is 62.6 Å². The molecule has 0 saturated carbocycles. The fraction of sp³-hybridized carbons (Fsp3) is 0.333. The lowest BCUT2D eigenvalue weighted by molar-refractivity contribution is -0.128. The van der Waals surface area contributed by atoms with Gasteiger partial charge in [0.1, 0.15) is 5.76 Å². The second-order valence-corrected chi connectivity index (χ2v) is 6.06. The molecule has 120 valence electrons. The van der Waals surface area contributed by atoms with Gasteiger partial charge in [0.15, 0.2) is 0 Å². The van der Waals surface area contributed by atoms with Crippen LogP contribution in [0, 0.1) is 19.8 Å². The van der Waals surface area contributed by atoms with Crippen LogP contribution in [0.2, 0.25) is 0 Å². The van der Waals surface area contributed by atoms with Crippen molar-refractivity contribution < 1.29 is 14.0 Å². The second kappa shape index (κ2) is 6.28. The first-order chi connectivity index (χ1) is 11.0. The molecule has 0 unspecified atom stereocenters. The summed E-state index contributed by atoms with van der Waals surface area (Å²) in [7, 11) is 0. The fourth-order valence-electron chi connectivity index (χ4n) is 2.88. The second-order valence-electron chi connectivity index (χ2n) is 6.06. The van der Waals surface area contributed by atoms with Crippen molar-refractivity contribution in [1.82, 2.24) is 4.90 Å². The number of anilines is 1. The highest BCUT2D eigenvalue weighted by Gasteiger charge is 2.34. The van der Waals surface area contributed by atoms with Gasteiger partial charge in [-0.1, -0.05) is 17.7 Å². The van der Waals surface area contributed by atoms with Crippen molar-refractivity contribution in [1.29, 1.82) is 0 Å². The third-order valence-corrected chi connectivity index (χ3v) is 4.15. The van der Waals surface area contributed by atoms with Crippen LogP contribution >= 0.6 is 0 Å². The summed E-state index contributed by atoms with van der Waals surface area (Å²) in [4.78, 5) is 26.2. The van der Waals surface area contributed by atoms with Gasteiger partial charge in [-0.05, 0) is 37.6 Å². The number of carbonyl (C=O) groups excluding carboxylic acids is 2. The Balaban J connectivity index is 1.63. The zero-order valence-electron chi connectivity index (χ0n) is 13.3.